The Morgan fingerprint density at radius 1 is 1.00 bits per heavy atom. The van der Waals surface area contributed by atoms with Crippen LogP contribution in [-0.4, -0.2) is 13.2 Å². The second kappa shape index (κ2) is 4.30. The van der Waals surface area contributed by atoms with Gasteiger partial charge in [-0.1, -0.05) is 30.3 Å². The van der Waals surface area contributed by atoms with E-state index < -0.39 is 0 Å². The lowest BCUT2D eigenvalue weighted by Crippen LogP contribution is -2.17. The summed E-state index contributed by atoms with van der Waals surface area (Å²) in [5, 5.41) is 0. The highest BCUT2D eigenvalue weighted by molar-refractivity contribution is 5.53. The Kier molecular flexibility index (Phi) is 2.47. The number of benzene rings is 2. The topological polar surface area (TPSA) is 18.5 Å². The lowest BCUT2D eigenvalue weighted by molar-refractivity contribution is 0.169. The minimum atomic E-state index is 0.420. The highest BCUT2D eigenvalue weighted by atomic mass is 16.6. The molecule has 1 aliphatic heterocycles. The second-order valence-corrected chi connectivity index (χ2v) is 5.07. The molecule has 2 aliphatic rings. The van der Waals surface area contributed by atoms with E-state index in [4.69, 9.17) is 9.47 Å². The molecular formula is C17H15O2. The van der Waals surface area contributed by atoms with Crippen molar-refractivity contribution in [3.8, 4) is 11.5 Å². The minimum Gasteiger partial charge on any atom is -0.486 e. The van der Waals surface area contributed by atoms with Gasteiger partial charge in [-0.2, -0.15) is 0 Å². The van der Waals surface area contributed by atoms with Gasteiger partial charge in [-0.3, -0.25) is 0 Å². The lowest BCUT2D eigenvalue weighted by atomic mass is 9.92. The molecule has 4 rings (SSSR count). The fourth-order valence-electron chi connectivity index (χ4n) is 3.17. The van der Waals surface area contributed by atoms with Gasteiger partial charge >= 0.3 is 0 Å². The molecule has 1 aliphatic carbocycles. The summed E-state index contributed by atoms with van der Waals surface area (Å²) >= 11 is 0. The number of ether oxygens (including phenoxy) is 2. The Balaban J connectivity index is 1.82. The van der Waals surface area contributed by atoms with E-state index in [0.29, 0.717) is 19.1 Å². The summed E-state index contributed by atoms with van der Waals surface area (Å²) in [7, 11) is 0. The van der Waals surface area contributed by atoms with Crippen LogP contribution in [0.1, 0.15) is 29.0 Å². The predicted molar refractivity (Wildman–Crippen MR) is 72.9 cm³/mol. The highest BCUT2D eigenvalue weighted by Gasteiger charge is 2.28. The van der Waals surface area contributed by atoms with Crippen LogP contribution in [0.2, 0.25) is 0 Å². The van der Waals surface area contributed by atoms with Crippen LogP contribution < -0.4 is 9.47 Å². The standard InChI is InChI=1S/C17H15O2/c1-2-5-13-12(4-1)8-9-14(13)15-6-3-7-16-17(15)19-11-10-18-16/h1-3,5-7,14H,8-11H2. The molecule has 19 heavy (non-hydrogen) atoms. The first-order valence-corrected chi connectivity index (χ1v) is 6.81. The fraction of sp³-hybridized carbons (Fsp3) is 0.294. The Morgan fingerprint density at radius 2 is 1.89 bits per heavy atom. The molecule has 1 heterocycles. The maximum Gasteiger partial charge on any atom is 0.165 e. The van der Waals surface area contributed by atoms with Crippen molar-refractivity contribution in [2.24, 2.45) is 0 Å². The normalized spacial score (nSPS) is 20.1. The summed E-state index contributed by atoms with van der Waals surface area (Å²) in [6.07, 6.45) is 2.24. The van der Waals surface area contributed by atoms with Gasteiger partial charge < -0.3 is 9.47 Å². The molecule has 0 N–H and O–H groups in total. The summed E-state index contributed by atoms with van der Waals surface area (Å²) in [6, 6.07) is 15.9. The summed E-state index contributed by atoms with van der Waals surface area (Å²) in [6.45, 7) is 1.29. The Labute approximate surface area is 113 Å². The van der Waals surface area contributed by atoms with Crippen molar-refractivity contribution in [3.63, 3.8) is 0 Å². The van der Waals surface area contributed by atoms with Crippen LogP contribution in [0.3, 0.4) is 0 Å². The quantitative estimate of drug-likeness (QED) is 0.774. The molecule has 95 valence electrons. The first-order valence-electron chi connectivity index (χ1n) is 6.81. The number of aryl methyl sites for hydroxylation is 1. The first kappa shape index (κ1) is 10.9. The van der Waals surface area contributed by atoms with Crippen LogP contribution >= 0.6 is 0 Å². The van der Waals surface area contributed by atoms with Gasteiger partial charge in [0.15, 0.2) is 11.5 Å². The molecular weight excluding hydrogens is 236 g/mol. The summed E-state index contributed by atoms with van der Waals surface area (Å²) in [5.74, 6) is 2.25. The molecule has 0 spiro atoms. The lowest BCUT2D eigenvalue weighted by Gasteiger charge is -2.23. The number of rotatable bonds is 1. The molecule has 0 fully saturated rings. The van der Waals surface area contributed by atoms with E-state index in [1.165, 1.54) is 16.7 Å². The number of para-hydroxylation sites is 1. The van der Waals surface area contributed by atoms with Crippen LogP contribution in [0.15, 0.2) is 36.4 Å². The molecule has 1 atom stereocenters. The van der Waals surface area contributed by atoms with Gasteiger partial charge in [0, 0.05) is 11.5 Å². The average molecular weight is 251 g/mol. The third-order valence-electron chi connectivity index (χ3n) is 4.01. The number of fused-ring (bicyclic) bond motifs is 2. The molecule has 1 radical (unpaired) electrons. The molecule has 0 amide bonds. The molecule has 2 heteroatoms. The number of hydrogen-bond donors (Lipinski definition) is 0. The Bertz CT molecular complexity index is 618. The third kappa shape index (κ3) is 1.71. The van der Waals surface area contributed by atoms with Crippen molar-refractivity contribution in [2.45, 2.75) is 18.8 Å². The van der Waals surface area contributed by atoms with Crippen LogP contribution in [-0.2, 0) is 6.42 Å². The van der Waals surface area contributed by atoms with E-state index in [0.717, 1.165) is 24.3 Å². The van der Waals surface area contributed by atoms with Crippen LogP contribution in [0.4, 0.5) is 0 Å². The van der Waals surface area contributed by atoms with Gasteiger partial charge in [0.05, 0.1) is 0 Å². The van der Waals surface area contributed by atoms with E-state index in [1.54, 1.807) is 0 Å². The second-order valence-electron chi connectivity index (χ2n) is 5.07. The van der Waals surface area contributed by atoms with Crippen LogP contribution in [0, 0.1) is 6.07 Å². The van der Waals surface area contributed by atoms with E-state index in [9.17, 15) is 0 Å². The van der Waals surface area contributed by atoms with E-state index in [2.05, 4.69) is 30.3 Å². The summed E-state index contributed by atoms with van der Waals surface area (Å²) in [4.78, 5) is 0. The first-order chi connectivity index (χ1) is 9.43. The molecule has 2 aromatic carbocycles. The third-order valence-corrected chi connectivity index (χ3v) is 4.01. The van der Waals surface area contributed by atoms with Crippen molar-refractivity contribution in [2.75, 3.05) is 13.2 Å². The van der Waals surface area contributed by atoms with Gasteiger partial charge in [-0.25, -0.2) is 0 Å². The molecule has 0 saturated heterocycles. The predicted octanol–water partition coefficient (Wildman–Crippen LogP) is 3.34. The zero-order valence-corrected chi connectivity index (χ0v) is 10.7. The number of hydrogen-bond acceptors (Lipinski definition) is 2. The molecule has 1 unspecified atom stereocenters. The average Bonchev–Trinajstić information content (AvgIpc) is 2.90. The molecule has 0 saturated carbocycles. The maximum atomic E-state index is 5.85. The highest BCUT2D eigenvalue weighted by Crippen LogP contribution is 2.45. The van der Waals surface area contributed by atoms with Crippen LogP contribution in [0.25, 0.3) is 0 Å². The largest absolute Gasteiger partial charge is 0.486 e. The van der Waals surface area contributed by atoms with Gasteiger partial charge in [0.25, 0.3) is 0 Å². The minimum absolute atomic E-state index is 0.420. The van der Waals surface area contributed by atoms with Crippen molar-refractivity contribution >= 4 is 0 Å². The molecule has 2 nitrogen and oxygen atoms in total. The van der Waals surface area contributed by atoms with Gasteiger partial charge in [-0.05, 0) is 36.1 Å². The SMILES string of the molecule is [c]1cccc2c1CCC2c1cccc2c1OCCO2. The van der Waals surface area contributed by atoms with Crippen molar-refractivity contribution in [3.05, 3.63) is 59.2 Å². The fourth-order valence-corrected chi connectivity index (χ4v) is 3.17. The van der Waals surface area contributed by atoms with Crippen molar-refractivity contribution < 1.29 is 9.47 Å². The maximum absolute atomic E-state index is 5.85. The van der Waals surface area contributed by atoms with Crippen molar-refractivity contribution in [1.82, 2.24) is 0 Å². The zero-order valence-electron chi connectivity index (χ0n) is 10.7. The van der Waals surface area contributed by atoms with E-state index >= 15 is 0 Å². The summed E-state index contributed by atoms with van der Waals surface area (Å²) in [5.41, 5.74) is 4.00. The Hall–Kier alpha value is -1.96. The van der Waals surface area contributed by atoms with Gasteiger partial charge in [-0.15, -0.1) is 0 Å². The summed E-state index contributed by atoms with van der Waals surface area (Å²) < 4.78 is 11.5. The molecule has 2 aromatic rings. The Morgan fingerprint density at radius 3 is 2.89 bits per heavy atom. The van der Waals surface area contributed by atoms with Crippen molar-refractivity contribution in [1.29, 1.82) is 0 Å². The van der Waals surface area contributed by atoms with Gasteiger partial charge in [0.2, 0.25) is 0 Å². The smallest absolute Gasteiger partial charge is 0.165 e. The van der Waals surface area contributed by atoms with E-state index in [-0.39, 0.29) is 0 Å². The monoisotopic (exact) mass is 251 g/mol. The van der Waals surface area contributed by atoms with Crippen LogP contribution in [0.5, 0.6) is 11.5 Å². The van der Waals surface area contributed by atoms with E-state index in [1.807, 2.05) is 12.1 Å². The molecule has 0 aromatic heterocycles. The van der Waals surface area contributed by atoms with Gasteiger partial charge in [0.1, 0.15) is 13.2 Å². The molecule has 0 bridgehead atoms. The zero-order chi connectivity index (χ0) is 12.7.